The van der Waals surface area contributed by atoms with Gasteiger partial charge in [-0.1, -0.05) is 6.07 Å². The zero-order valence-electron chi connectivity index (χ0n) is 12.2. The average Bonchev–Trinajstić information content (AvgIpc) is 3.14. The largest absolute Gasteiger partial charge is 0.383 e. The molecule has 1 aromatic carbocycles. The summed E-state index contributed by atoms with van der Waals surface area (Å²) in [5.74, 6) is 0. The Morgan fingerprint density at radius 1 is 1.45 bits per heavy atom. The van der Waals surface area contributed by atoms with Crippen LogP contribution in [0.5, 0.6) is 0 Å². The van der Waals surface area contributed by atoms with Crippen LogP contribution in [-0.2, 0) is 14.8 Å². The third-order valence-electron chi connectivity index (χ3n) is 3.89. The minimum Gasteiger partial charge on any atom is -0.383 e. The Kier molecular flexibility index (Phi) is 4.13. The fourth-order valence-electron chi connectivity index (χ4n) is 2.78. The second-order valence-electron chi connectivity index (χ2n) is 5.46. The van der Waals surface area contributed by atoms with Gasteiger partial charge in [-0.15, -0.1) is 0 Å². The summed E-state index contributed by atoms with van der Waals surface area (Å²) >= 11 is 0. The number of fused-ring (bicyclic) bond motifs is 1. The van der Waals surface area contributed by atoms with E-state index < -0.39 is 10.0 Å². The third kappa shape index (κ3) is 2.84. The molecule has 2 aromatic rings. The Hall–Kier alpha value is -1.55. The lowest BCUT2D eigenvalue weighted by molar-refractivity contribution is 0.122. The first kappa shape index (κ1) is 15.3. The molecule has 1 aromatic heterocycles. The van der Waals surface area contributed by atoms with E-state index in [0.29, 0.717) is 12.1 Å². The third-order valence-corrected chi connectivity index (χ3v) is 5.32. The van der Waals surface area contributed by atoms with Crippen LogP contribution in [0.25, 0.3) is 11.0 Å². The molecule has 120 valence electrons. The van der Waals surface area contributed by atoms with E-state index in [0.717, 1.165) is 19.4 Å². The molecule has 2 heterocycles. The molecule has 1 unspecified atom stereocenters. The number of ether oxygens (including phenoxy) is 1. The zero-order chi connectivity index (χ0) is 15.6. The molecule has 1 aliphatic heterocycles. The van der Waals surface area contributed by atoms with E-state index in [1.54, 1.807) is 19.2 Å². The molecule has 1 saturated heterocycles. The number of rotatable bonds is 6. The van der Waals surface area contributed by atoms with Gasteiger partial charge in [0.1, 0.15) is 10.4 Å². The topological polar surface area (TPSA) is 106 Å². The van der Waals surface area contributed by atoms with Gasteiger partial charge in [-0.2, -0.15) is 0 Å². The Balaban J connectivity index is 1.83. The van der Waals surface area contributed by atoms with Crippen LogP contribution in [0.4, 0.5) is 0 Å². The fourth-order valence-corrected chi connectivity index (χ4v) is 4.06. The van der Waals surface area contributed by atoms with Gasteiger partial charge in [0, 0.05) is 13.7 Å². The second kappa shape index (κ2) is 5.92. The van der Waals surface area contributed by atoms with Crippen molar-refractivity contribution in [1.29, 1.82) is 0 Å². The lowest BCUT2D eigenvalue weighted by Crippen LogP contribution is -2.52. The quantitative estimate of drug-likeness (QED) is 0.784. The number of nitrogens with zero attached hydrogens (tertiary/aromatic N) is 2. The van der Waals surface area contributed by atoms with Crippen molar-refractivity contribution < 1.29 is 17.8 Å². The van der Waals surface area contributed by atoms with E-state index in [1.807, 2.05) is 0 Å². The van der Waals surface area contributed by atoms with Gasteiger partial charge in [0.2, 0.25) is 10.0 Å². The SMILES string of the molecule is COCC1(CNS(=O)(=O)c2cccc3nonc23)CCCN1. The summed E-state index contributed by atoms with van der Waals surface area (Å²) in [5.41, 5.74) is 0.279. The molecule has 0 saturated carbocycles. The van der Waals surface area contributed by atoms with Gasteiger partial charge in [-0.05, 0) is 41.8 Å². The van der Waals surface area contributed by atoms with Crippen LogP contribution in [0.2, 0.25) is 0 Å². The fraction of sp³-hybridized carbons (Fsp3) is 0.538. The highest BCUT2D eigenvalue weighted by Crippen LogP contribution is 2.22. The molecule has 2 N–H and O–H groups in total. The minimum atomic E-state index is -3.71. The van der Waals surface area contributed by atoms with E-state index >= 15 is 0 Å². The predicted octanol–water partition coefficient (Wildman–Crippen LogP) is 0.270. The Bertz CT molecular complexity index is 752. The number of benzene rings is 1. The summed E-state index contributed by atoms with van der Waals surface area (Å²) in [4.78, 5) is 0.0665. The van der Waals surface area contributed by atoms with Crippen molar-refractivity contribution in [2.75, 3.05) is 26.8 Å². The number of hydrogen-bond acceptors (Lipinski definition) is 7. The van der Waals surface area contributed by atoms with Crippen LogP contribution < -0.4 is 10.0 Å². The Labute approximate surface area is 128 Å². The predicted molar refractivity (Wildman–Crippen MR) is 78.8 cm³/mol. The monoisotopic (exact) mass is 326 g/mol. The maximum absolute atomic E-state index is 12.6. The van der Waals surface area contributed by atoms with Crippen molar-refractivity contribution in [1.82, 2.24) is 20.4 Å². The van der Waals surface area contributed by atoms with Crippen LogP contribution in [-0.4, -0.2) is 51.1 Å². The molecule has 0 aliphatic carbocycles. The first-order chi connectivity index (χ1) is 10.6. The standard InChI is InChI=1S/C13H18N4O4S/c1-20-9-13(6-3-7-14-13)8-15-22(18,19)11-5-2-4-10-12(11)17-21-16-10/h2,4-5,14-15H,3,6-9H2,1H3. The molecule has 9 heteroatoms. The molecule has 1 aliphatic rings. The molecule has 1 fully saturated rings. The van der Waals surface area contributed by atoms with Gasteiger partial charge in [-0.3, -0.25) is 0 Å². The van der Waals surface area contributed by atoms with Gasteiger partial charge in [0.05, 0.1) is 12.1 Å². The Morgan fingerprint density at radius 2 is 2.32 bits per heavy atom. The first-order valence-electron chi connectivity index (χ1n) is 7.01. The zero-order valence-corrected chi connectivity index (χ0v) is 13.0. The molecule has 3 rings (SSSR count). The molecule has 0 spiro atoms. The molecule has 0 radical (unpaired) electrons. The average molecular weight is 326 g/mol. The molecular weight excluding hydrogens is 308 g/mol. The summed E-state index contributed by atoms with van der Waals surface area (Å²) in [5, 5.41) is 10.7. The number of sulfonamides is 1. The molecule has 1 atom stereocenters. The second-order valence-corrected chi connectivity index (χ2v) is 7.19. The summed E-state index contributed by atoms with van der Waals surface area (Å²) < 4.78 is 37.6. The number of nitrogens with one attached hydrogen (secondary N) is 2. The summed E-state index contributed by atoms with van der Waals surface area (Å²) in [6.07, 6.45) is 1.85. The van der Waals surface area contributed by atoms with Crippen molar-refractivity contribution in [3.63, 3.8) is 0 Å². The molecule has 8 nitrogen and oxygen atoms in total. The lowest BCUT2D eigenvalue weighted by atomic mass is 9.99. The molecule has 22 heavy (non-hydrogen) atoms. The van der Waals surface area contributed by atoms with Crippen molar-refractivity contribution in [3.8, 4) is 0 Å². The van der Waals surface area contributed by atoms with E-state index in [-0.39, 0.29) is 22.5 Å². The summed E-state index contributed by atoms with van der Waals surface area (Å²) in [7, 11) is -2.10. The molecular formula is C13H18N4O4S. The smallest absolute Gasteiger partial charge is 0.242 e. The van der Waals surface area contributed by atoms with Crippen molar-refractivity contribution in [2.24, 2.45) is 0 Å². The van der Waals surface area contributed by atoms with Gasteiger partial charge in [0.15, 0.2) is 5.52 Å². The van der Waals surface area contributed by atoms with Gasteiger partial charge in [0.25, 0.3) is 0 Å². The van der Waals surface area contributed by atoms with Crippen molar-refractivity contribution in [3.05, 3.63) is 18.2 Å². The Morgan fingerprint density at radius 3 is 3.05 bits per heavy atom. The molecule has 0 amide bonds. The van der Waals surface area contributed by atoms with E-state index in [4.69, 9.17) is 4.74 Å². The van der Waals surface area contributed by atoms with Crippen molar-refractivity contribution in [2.45, 2.75) is 23.3 Å². The van der Waals surface area contributed by atoms with Gasteiger partial charge >= 0.3 is 0 Å². The van der Waals surface area contributed by atoms with Crippen LogP contribution in [0.1, 0.15) is 12.8 Å². The van der Waals surface area contributed by atoms with E-state index in [1.165, 1.54) is 6.07 Å². The lowest BCUT2D eigenvalue weighted by Gasteiger charge is -2.28. The summed E-state index contributed by atoms with van der Waals surface area (Å²) in [6, 6.07) is 4.75. The number of aromatic nitrogens is 2. The highest BCUT2D eigenvalue weighted by Gasteiger charge is 2.35. The molecule has 0 bridgehead atoms. The summed E-state index contributed by atoms with van der Waals surface area (Å²) in [6.45, 7) is 1.56. The van der Waals surface area contributed by atoms with E-state index in [2.05, 4.69) is 25.0 Å². The van der Waals surface area contributed by atoms with Gasteiger partial charge < -0.3 is 10.1 Å². The normalized spacial score (nSPS) is 22.4. The van der Waals surface area contributed by atoms with Crippen LogP contribution >= 0.6 is 0 Å². The van der Waals surface area contributed by atoms with Gasteiger partial charge in [-0.25, -0.2) is 17.8 Å². The highest BCUT2D eigenvalue weighted by molar-refractivity contribution is 7.89. The maximum atomic E-state index is 12.6. The van der Waals surface area contributed by atoms with Crippen LogP contribution in [0.3, 0.4) is 0 Å². The first-order valence-corrected chi connectivity index (χ1v) is 8.50. The minimum absolute atomic E-state index is 0.0665. The van der Waals surface area contributed by atoms with Crippen molar-refractivity contribution >= 4 is 21.1 Å². The van der Waals surface area contributed by atoms with Crippen LogP contribution in [0.15, 0.2) is 27.7 Å². The number of hydrogen-bond donors (Lipinski definition) is 2. The van der Waals surface area contributed by atoms with Crippen LogP contribution in [0, 0.1) is 0 Å². The van der Waals surface area contributed by atoms with E-state index in [9.17, 15) is 8.42 Å². The number of methoxy groups -OCH3 is 1. The highest BCUT2D eigenvalue weighted by atomic mass is 32.2. The maximum Gasteiger partial charge on any atom is 0.242 e.